The lowest BCUT2D eigenvalue weighted by molar-refractivity contribution is 0.239. The second-order valence-corrected chi connectivity index (χ2v) is 5.38. The van der Waals surface area contributed by atoms with E-state index in [0.29, 0.717) is 12.0 Å². The second kappa shape index (κ2) is 4.42. The van der Waals surface area contributed by atoms with Gasteiger partial charge in [0.05, 0.1) is 0 Å². The van der Waals surface area contributed by atoms with Crippen molar-refractivity contribution in [3.8, 4) is 0 Å². The van der Waals surface area contributed by atoms with Gasteiger partial charge in [0.15, 0.2) is 0 Å². The van der Waals surface area contributed by atoms with Crippen molar-refractivity contribution in [2.45, 2.75) is 25.7 Å². The van der Waals surface area contributed by atoms with E-state index < -0.39 is 0 Å². The highest BCUT2D eigenvalue weighted by Crippen LogP contribution is 2.47. The molecule has 0 radical (unpaired) electrons. The van der Waals surface area contributed by atoms with Gasteiger partial charge in [0, 0.05) is 19.7 Å². The average Bonchev–Trinajstić information content (AvgIpc) is 2.82. The molecule has 0 aromatic heterocycles. The molecule has 0 amide bonds. The maximum atomic E-state index is 8.87. The van der Waals surface area contributed by atoms with Gasteiger partial charge in [-0.15, -0.1) is 0 Å². The smallest absolute Gasteiger partial charge is 0.0434 e. The number of aliphatic hydroxyl groups excluding tert-OH is 1. The zero-order valence-electron chi connectivity index (χ0n) is 8.78. The number of thiol groups is 1. The van der Waals surface area contributed by atoms with Gasteiger partial charge in [-0.2, -0.15) is 12.6 Å². The van der Waals surface area contributed by atoms with Crippen molar-refractivity contribution in [1.29, 1.82) is 0 Å². The summed E-state index contributed by atoms with van der Waals surface area (Å²) in [5.74, 6) is 1.80. The first kappa shape index (κ1) is 10.8. The molecule has 0 aromatic rings. The lowest BCUT2D eigenvalue weighted by atomic mass is 10.1. The highest BCUT2D eigenvalue weighted by molar-refractivity contribution is 7.80. The first-order chi connectivity index (χ1) is 6.78. The van der Waals surface area contributed by atoms with E-state index in [2.05, 4.69) is 17.5 Å². The molecule has 2 fully saturated rings. The molecule has 14 heavy (non-hydrogen) atoms. The summed E-state index contributed by atoms with van der Waals surface area (Å²) in [7, 11) is 0. The van der Waals surface area contributed by atoms with Crippen LogP contribution in [0.2, 0.25) is 0 Å². The third-order valence-electron chi connectivity index (χ3n) is 3.76. The minimum absolute atomic E-state index is 0.357. The summed E-state index contributed by atoms with van der Waals surface area (Å²) in [5, 5.41) is 8.87. The molecule has 1 N–H and O–H groups in total. The van der Waals surface area contributed by atoms with Crippen molar-refractivity contribution in [1.82, 2.24) is 4.90 Å². The Balaban J connectivity index is 1.73. The summed E-state index contributed by atoms with van der Waals surface area (Å²) in [6, 6.07) is 0. The highest BCUT2D eigenvalue weighted by Gasteiger charge is 2.43. The molecular weight excluding hydrogens is 194 g/mol. The van der Waals surface area contributed by atoms with Gasteiger partial charge in [0.25, 0.3) is 0 Å². The minimum Gasteiger partial charge on any atom is -0.396 e. The fourth-order valence-electron chi connectivity index (χ4n) is 2.49. The summed E-state index contributed by atoms with van der Waals surface area (Å²) in [6.07, 6.45) is 5.02. The Morgan fingerprint density at radius 2 is 2.21 bits per heavy atom. The Hall–Kier alpha value is 0.270. The van der Waals surface area contributed by atoms with Crippen molar-refractivity contribution < 1.29 is 5.11 Å². The van der Waals surface area contributed by atoms with Crippen molar-refractivity contribution in [2.24, 2.45) is 11.3 Å². The summed E-state index contributed by atoms with van der Waals surface area (Å²) in [4.78, 5) is 2.57. The van der Waals surface area contributed by atoms with Gasteiger partial charge >= 0.3 is 0 Å². The maximum Gasteiger partial charge on any atom is 0.0434 e. The zero-order chi connectivity index (χ0) is 10.0. The van der Waals surface area contributed by atoms with Crippen LogP contribution < -0.4 is 0 Å². The van der Waals surface area contributed by atoms with Gasteiger partial charge in [-0.25, -0.2) is 0 Å². The Bertz CT molecular complexity index is 194. The number of rotatable bonds is 5. The Morgan fingerprint density at radius 3 is 2.79 bits per heavy atom. The lowest BCUT2D eigenvalue weighted by Crippen LogP contribution is -2.29. The van der Waals surface area contributed by atoms with E-state index in [4.69, 9.17) is 5.11 Å². The van der Waals surface area contributed by atoms with Gasteiger partial charge in [-0.3, -0.25) is 0 Å². The quantitative estimate of drug-likeness (QED) is 0.677. The highest BCUT2D eigenvalue weighted by atomic mass is 32.1. The monoisotopic (exact) mass is 215 g/mol. The molecule has 1 unspecified atom stereocenters. The van der Waals surface area contributed by atoms with Gasteiger partial charge < -0.3 is 10.0 Å². The first-order valence-corrected chi connectivity index (χ1v) is 6.35. The Morgan fingerprint density at radius 1 is 1.43 bits per heavy atom. The molecule has 1 saturated carbocycles. The van der Waals surface area contributed by atoms with E-state index in [9.17, 15) is 0 Å². The number of likely N-dealkylation sites (tertiary alicyclic amines) is 1. The first-order valence-electron chi connectivity index (χ1n) is 5.72. The molecule has 1 heterocycles. The average molecular weight is 215 g/mol. The van der Waals surface area contributed by atoms with Crippen LogP contribution in [0.5, 0.6) is 0 Å². The van der Waals surface area contributed by atoms with Crippen LogP contribution >= 0.6 is 12.6 Å². The zero-order valence-corrected chi connectivity index (χ0v) is 9.68. The van der Waals surface area contributed by atoms with Crippen LogP contribution in [-0.4, -0.2) is 42.0 Å². The van der Waals surface area contributed by atoms with Gasteiger partial charge in [-0.1, -0.05) is 0 Å². The minimum atomic E-state index is 0.357. The largest absolute Gasteiger partial charge is 0.396 e. The van der Waals surface area contributed by atoms with Crippen LogP contribution in [0.3, 0.4) is 0 Å². The summed E-state index contributed by atoms with van der Waals surface area (Å²) in [5.41, 5.74) is 0.567. The standard InChI is InChI=1S/C11H21NOS/c13-6-2-10-1-5-12(7-10)8-11(9-14)3-4-11/h10,13-14H,1-9H2. The third kappa shape index (κ3) is 2.44. The molecule has 1 aliphatic heterocycles. The van der Waals surface area contributed by atoms with Crippen LogP contribution in [0.4, 0.5) is 0 Å². The van der Waals surface area contributed by atoms with Gasteiger partial charge in [-0.05, 0) is 49.3 Å². The predicted molar refractivity (Wildman–Crippen MR) is 61.8 cm³/mol. The van der Waals surface area contributed by atoms with Gasteiger partial charge in [0.2, 0.25) is 0 Å². The van der Waals surface area contributed by atoms with E-state index in [1.54, 1.807) is 0 Å². The van der Waals surface area contributed by atoms with Crippen LogP contribution in [0, 0.1) is 11.3 Å². The maximum absolute atomic E-state index is 8.87. The molecule has 0 spiro atoms. The van der Waals surface area contributed by atoms with E-state index >= 15 is 0 Å². The summed E-state index contributed by atoms with van der Waals surface area (Å²) >= 11 is 4.43. The van der Waals surface area contributed by atoms with Crippen LogP contribution in [-0.2, 0) is 0 Å². The van der Waals surface area contributed by atoms with Crippen molar-refractivity contribution in [3.05, 3.63) is 0 Å². The molecule has 82 valence electrons. The molecule has 0 aromatic carbocycles. The second-order valence-electron chi connectivity index (χ2n) is 5.06. The normalized spacial score (nSPS) is 30.9. The SMILES string of the molecule is OCCC1CCN(CC2(CS)CC2)C1. The molecule has 3 heteroatoms. The molecule has 0 bridgehead atoms. The topological polar surface area (TPSA) is 23.5 Å². The molecule has 1 aliphatic carbocycles. The number of aliphatic hydroxyl groups is 1. The third-order valence-corrected chi connectivity index (χ3v) is 4.43. The molecular formula is C11H21NOS. The van der Waals surface area contributed by atoms with E-state index in [1.165, 1.54) is 38.9 Å². The number of nitrogens with zero attached hydrogens (tertiary/aromatic N) is 1. The van der Waals surface area contributed by atoms with Crippen molar-refractivity contribution >= 4 is 12.6 Å². The van der Waals surface area contributed by atoms with Crippen LogP contribution in [0.15, 0.2) is 0 Å². The fraction of sp³-hybridized carbons (Fsp3) is 1.00. The number of hydrogen-bond donors (Lipinski definition) is 2. The number of hydrogen-bond acceptors (Lipinski definition) is 3. The summed E-state index contributed by atoms with van der Waals surface area (Å²) < 4.78 is 0. The molecule has 2 rings (SSSR count). The van der Waals surface area contributed by atoms with Crippen molar-refractivity contribution in [2.75, 3.05) is 32.0 Å². The Kier molecular flexibility index (Phi) is 3.40. The van der Waals surface area contributed by atoms with Crippen LogP contribution in [0.25, 0.3) is 0 Å². The molecule has 1 saturated heterocycles. The predicted octanol–water partition coefficient (Wildman–Crippen LogP) is 1.40. The van der Waals surface area contributed by atoms with E-state index in [-0.39, 0.29) is 0 Å². The summed E-state index contributed by atoms with van der Waals surface area (Å²) in [6.45, 7) is 4.05. The van der Waals surface area contributed by atoms with Crippen LogP contribution in [0.1, 0.15) is 25.7 Å². The Labute approximate surface area is 92.1 Å². The lowest BCUT2D eigenvalue weighted by Gasteiger charge is -2.21. The molecule has 2 nitrogen and oxygen atoms in total. The van der Waals surface area contributed by atoms with E-state index in [1.807, 2.05) is 0 Å². The van der Waals surface area contributed by atoms with Gasteiger partial charge in [0.1, 0.15) is 0 Å². The van der Waals surface area contributed by atoms with Crippen molar-refractivity contribution in [3.63, 3.8) is 0 Å². The van der Waals surface area contributed by atoms with E-state index in [0.717, 1.165) is 18.1 Å². The fourth-order valence-corrected chi connectivity index (χ4v) is 2.91. The molecule has 2 aliphatic rings. The molecule has 1 atom stereocenters.